The third kappa shape index (κ3) is 4.57. The monoisotopic (exact) mass is 368 g/mol. The first-order valence-corrected chi connectivity index (χ1v) is 9.53. The molecule has 0 N–H and O–H groups in total. The Bertz CT molecular complexity index is 833. The summed E-state index contributed by atoms with van der Waals surface area (Å²) in [6.45, 7) is 6.32. The van der Waals surface area contributed by atoms with Gasteiger partial charge in [-0.05, 0) is 52.0 Å². The number of aromatic nitrogens is 7. The van der Waals surface area contributed by atoms with Crippen molar-refractivity contribution in [2.75, 3.05) is 20.6 Å². The Balaban J connectivity index is 1.92. The maximum Gasteiger partial charge on any atom is 0.181 e. The Morgan fingerprint density at radius 3 is 2.67 bits per heavy atom. The fourth-order valence-electron chi connectivity index (χ4n) is 3.14. The minimum absolute atomic E-state index is 0.419. The molecule has 0 fully saturated rings. The number of rotatable bonds is 9. The van der Waals surface area contributed by atoms with Crippen molar-refractivity contribution in [1.29, 1.82) is 0 Å². The first kappa shape index (κ1) is 19.2. The Morgan fingerprint density at radius 1 is 1.19 bits per heavy atom. The van der Waals surface area contributed by atoms with E-state index in [9.17, 15) is 0 Å². The first-order valence-electron chi connectivity index (χ1n) is 9.53. The van der Waals surface area contributed by atoms with Gasteiger partial charge in [0.1, 0.15) is 18.5 Å². The van der Waals surface area contributed by atoms with Gasteiger partial charge in [0.25, 0.3) is 0 Å². The van der Waals surface area contributed by atoms with E-state index < -0.39 is 0 Å². The molecule has 3 heterocycles. The minimum Gasteiger partial charge on any atom is -0.309 e. The van der Waals surface area contributed by atoms with E-state index in [1.54, 1.807) is 17.2 Å². The van der Waals surface area contributed by atoms with Gasteiger partial charge in [-0.25, -0.2) is 24.3 Å². The fraction of sp³-hybridized carbons (Fsp3) is 0.526. The Kier molecular flexibility index (Phi) is 6.28. The summed E-state index contributed by atoms with van der Waals surface area (Å²) in [6, 6.07) is 3.89. The lowest BCUT2D eigenvalue weighted by atomic mass is 10.0. The molecule has 0 aliphatic rings. The number of hydrogen-bond acceptors (Lipinski definition) is 6. The molecule has 0 saturated heterocycles. The second-order valence-electron chi connectivity index (χ2n) is 6.93. The SMILES string of the molecule is CCC(CC)c1nc(-c2ccnc(-n3cncn3)c2)nn1CCCN(C)C. The number of aryl methyl sites for hydroxylation is 1. The van der Waals surface area contributed by atoms with Crippen molar-refractivity contribution in [3.05, 3.63) is 36.8 Å². The summed E-state index contributed by atoms with van der Waals surface area (Å²) in [5.41, 5.74) is 0.939. The normalized spacial score (nSPS) is 11.6. The van der Waals surface area contributed by atoms with E-state index in [0.717, 1.165) is 49.6 Å². The highest BCUT2D eigenvalue weighted by atomic mass is 15.4. The highest BCUT2D eigenvalue weighted by Gasteiger charge is 2.18. The zero-order chi connectivity index (χ0) is 19.2. The molecule has 0 unspecified atom stereocenters. The predicted molar refractivity (Wildman–Crippen MR) is 105 cm³/mol. The molecule has 27 heavy (non-hydrogen) atoms. The minimum atomic E-state index is 0.419. The molecule has 0 amide bonds. The second kappa shape index (κ2) is 8.85. The van der Waals surface area contributed by atoms with Crippen molar-refractivity contribution in [3.8, 4) is 17.2 Å². The summed E-state index contributed by atoms with van der Waals surface area (Å²) in [7, 11) is 4.19. The summed E-state index contributed by atoms with van der Waals surface area (Å²) in [4.78, 5) is 15.5. The van der Waals surface area contributed by atoms with Crippen molar-refractivity contribution in [2.45, 2.75) is 45.6 Å². The molecule has 3 rings (SSSR count). The molecule has 8 nitrogen and oxygen atoms in total. The van der Waals surface area contributed by atoms with E-state index >= 15 is 0 Å². The van der Waals surface area contributed by atoms with E-state index in [4.69, 9.17) is 10.1 Å². The van der Waals surface area contributed by atoms with Crippen LogP contribution in [0.5, 0.6) is 0 Å². The van der Waals surface area contributed by atoms with Crippen LogP contribution in [0.4, 0.5) is 0 Å². The van der Waals surface area contributed by atoms with Crippen LogP contribution in [-0.2, 0) is 6.54 Å². The molecule has 0 bridgehead atoms. The summed E-state index contributed by atoms with van der Waals surface area (Å²) >= 11 is 0. The fourth-order valence-corrected chi connectivity index (χ4v) is 3.14. The molecule has 0 aromatic carbocycles. The van der Waals surface area contributed by atoms with Gasteiger partial charge in [0.05, 0.1) is 0 Å². The highest BCUT2D eigenvalue weighted by molar-refractivity contribution is 5.56. The molecule has 0 saturated carbocycles. The van der Waals surface area contributed by atoms with Gasteiger partial charge in [-0.3, -0.25) is 0 Å². The molecular formula is C19H28N8. The van der Waals surface area contributed by atoms with E-state index in [0.29, 0.717) is 11.7 Å². The number of hydrogen-bond donors (Lipinski definition) is 0. The van der Waals surface area contributed by atoms with Crippen molar-refractivity contribution in [2.24, 2.45) is 0 Å². The van der Waals surface area contributed by atoms with Crippen molar-refractivity contribution in [1.82, 2.24) is 39.4 Å². The van der Waals surface area contributed by atoms with Crippen molar-refractivity contribution >= 4 is 0 Å². The van der Waals surface area contributed by atoms with Gasteiger partial charge in [-0.2, -0.15) is 10.2 Å². The summed E-state index contributed by atoms with van der Waals surface area (Å²) in [6.07, 6.45) is 8.05. The third-order valence-electron chi connectivity index (χ3n) is 4.68. The van der Waals surface area contributed by atoms with Crippen molar-refractivity contribution in [3.63, 3.8) is 0 Å². The third-order valence-corrected chi connectivity index (χ3v) is 4.68. The lowest BCUT2D eigenvalue weighted by molar-refractivity contribution is 0.374. The maximum absolute atomic E-state index is 4.91. The Hall–Kier alpha value is -2.61. The lowest BCUT2D eigenvalue weighted by Gasteiger charge is -2.14. The van der Waals surface area contributed by atoms with E-state index in [2.05, 4.69) is 52.6 Å². The molecule has 0 aliphatic carbocycles. The van der Waals surface area contributed by atoms with E-state index in [1.807, 2.05) is 12.1 Å². The summed E-state index contributed by atoms with van der Waals surface area (Å²) in [5, 5.41) is 8.98. The van der Waals surface area contributed by atoms with Crippen LogP contribution in [0.2, 0.25) is 0 Å². The van der Waals surface area contributed by atoms with Crippen LogP contribution < -0.4 is 0 Å². The quantitative estimate of drug-likeness (QED) is 0.578. The van der Waals surface area contributed by atoms with Crippen LogP contribution in [0.15, 0.2) is 31.0 Å². The summed E-state index contributed by atoms with van der Waals surface area (Å²) < 4.78 is 3.73. The Labute approximate surface area is 160 Å². The topological polar surface area (TPSA) is 77.5 Å². The lowest BCUT2D eigenvalue weighted by Crippen LogP contribution is -2.17. The Morgan fingerprint density at radius 2 is 2.00 bits per heavy atom. The molecule has 0 atom stereocenters. The van der Waals surface area contributed by atoms with Crippen LogP contribution in [-0.4, -0.2) is 60.1 Å². The molecule has 8 heteroatoms. The number of nitrogens with zero attached hydrogens (tertiary/aromatic N) is 8. The smallest absolute Gasteiger partial charge is 0.181 e. The molecule has 144 valence electrons. The van der Waals surface area contributed by atoms with E-state index in [-0.39, 0.29) is 0 Å². The molecular weight excluding hydrogens is 340 g/mol. The van der Waals surface area contributed by atoms with Crippen LogP contribution in [0.25, 0.3) is 17.2 Å². The molecule has 0 radical (unpaired) electrons. The second-order valence-corrected chi connectivity index (χ2v) is 6.93. The average Bonchev–Trinajstić information content (AvgIpc) is 3.33. The van der Waals surface area contributed by atoms with Crippen LogP contribution >= 0.6 is 0 Å². The maximum atomic E-state index is 4.91. The van der Waals surface area contributed by atoms with Gasteiger partial charge < -0.3 is 4.90 Å². The van der Waals surface area contributed by atoms with Crippen LogP contribution in [0.1, 0.15) is 44.9 Å². The van der Waals surface area contributed by atoms with Gasteiger partial charge in [-0.1, -0.05) is 13.8 Å². The van der Waals surface area contributed by atoms with Gasteiger partial charge >= 0.3 is 0 Å². The predicted octanol–water partition coefficient (Wildman–Crippen LogP) is 2.78. The van der Waals surface area contributed by atoms with Gasteiger partial charge in [0.2, 0.25) is 0 Å². The molecule has 0 aliphatic heterocycles. The zero-order valence-corrected chi connectivity index (χ0v) is 16.6. The highest BCUT2D eigenvalue weighted by Crippen LogP contribution is 2.25. The molecule has 3 aromatic rings. The molecule has 3 aromatic heterocycles. The van der Waals surface area contributed by atoms with Crippen molar-refractivity contribution < 1.29 is 0 Å². The van der Waals surface area contributed by atoms with Gasteiger partial charge in [-0.15, -0.1) is 0 Å². The average molecular weight is 368 g/mol. The van der Waals surface area contributed by atoms with Crippen LogP contribution in [0.3, 0.4) is 0 Å². The zero-order valence-electron chi connectivity index (χ0n) is 16.6. The van der Waals surface area contributed by atoms with Crippen LogP contribution in [0, 0.1) is 0 Å². The largest absolute Gasteiger partial charge is 0.309 e. The number of pyridine rings is 1. The first-order chi connectivity index (χ1) is 13.1. The molecule has 0 spiro atoms. The van der Waals surface area contributed by atoms with E-state index in [1.165, 1.54) is 6.33 Å². The standard InChI is InChI=1S/C19H28N8/c1-5-15(6-2)19-23-18(24-26(19)11-7-10-25(3)4)16-8-9-21-17(12-16)27-14-20-13-22-27/h8-9,12-15H,5-7,10-11H2,1-4H3. The van der Waals surface area contributed by atoms with Gasteiger partial charge in [0.15, 0.2) is 11.6 Å². The summed E-state index contributed by atoms with van der Waals surface area (Å²) in [5.74, 6) is 2.94. The van der Waals surface area contributed by atoms with Gasteiger partial charge in [0, 0.05) is 24.2 Å².